The van der Waals surface area contributed by atoms with Gasteiger partial charge in [-0.15, -0.1) is 0 Å². The fourth-order valence-electron chi connectivity index (χ4n) is 3.86. The van der Waals surface area contributed by atoms with Crippen LogP contribution in [0, 0.1) is 5.41 Å². The van der Waals surface area contributed by atoms with Crippen molar-refractivity contribution in [3.8, 4) is 5.75 Å². The standard InChI is InChI=1S/C25H33N3O5S/c1-6-15-28-21-14-11-19(16-22(21)33-17-25(4,5)24(28)30)26-23(29)18-9-12-20(13-10-18)34(31,32)27(7-2)8-3/h9-14,16H,6-8,15,17H2,1-5H3,(H,26,29). The second kappa shape index (κ2) is 10.1. The molecule has 34 heavy (non-hydrogen) atoms. The van der Waals surface area contributed by atoms with Gasteiger partial charge in [-0.1, -0.05) is 20.8 Å². The summed E-state index contributed by atoms with van der Waals surface area (Å²) in [5.41, 5.74) is 0.872. The van der Waals surface area contributed by atoms with Gasteiger partial charge in [-0.25, -0.2) is 8.42 Å². The summed E-state index contributed by atoms with van der Waals surface area (Å²) in [4.78, 5) is 27.7. The number of nitrogens with zero attached hydrogens (tertiary/aromatic N) is 2. The first-order valence-electron chi connectivity index (χ1n) is 11.6. The van der Waals surface area contributed by atoms with Crippen molar-refractivity contribution in [2.24, 2.45) is 5.41 Å². The second-order valence-electron chi connectivity index (χ2n) is 8.88. The summed E-state index contributed by atoms with van der Waals surface area (Å²) >= 11 is 0. The topological polar surface area (TPSA) is 96.0 Å². The molecule has 0 fully saturated rings. The van der Waals surface area contributed by atoms with Crippen LogP contribution in [0.25, 0.3) is 0 Å². The van der Waals surface area contributed by atoms with Crippen molar-refractivity contribution >= 4 is 33.2 Å². The minimum Gasteiger partial charge on any atom is -0.490 e. The Hall–Kier alpha value is -2.91. The highest BCUT2D eigenvalue weighted by Crippen LogP contribution is 2.38. The van der Waals surface area contributed by atoms with Crippen molar-refractivity contribution in [3.05, 3.63) is 48.0 Å². The normalized spacial score (nSPS) is 15.5. The summed E-state index contributed by atoms with van der Waals surface area (Å²) in [5.74, 6) is 0.164. The van der Waals surface area contributed by atoms with Gasteiger partial charge >= 0.3 is 0 Å². The van der Waals surface area contributed by atoms with Gasteiger partial charge in [0.25, 0.3) is 5.91 Å². The molecule has 184 valence electrons. The van der Waals surface area contributed by atoms with Gasteiger partial charge in [0.05, 0.1) is 16.0 Å². The summed E-state index contributed by atoms with van der Waals surface area (Å²) in [7, 11) is -3.59. The predicted octanol–water partition coefficient (Wildman–Crippen LogP) is 4.13. The molecule has 8 nitrogen and oxygen atoms in total. The van der Waals surface area contributed by atoms with Crippen molar-refractivity contribution < 1.29 is 22.7 Å². The zero-order valence-electron chi connectivity index (χ0n) is 20.4. The number of anilines is 2. The molecule has 2 aromatic rings. The lowest BCUT2D eigenvalue weighted by Crippen LogP contribution is -2.42. The predicted molar refractivity (Wildman–Crippen MR) is 133 cm³/mol. The SMILES string of the molecule is CCCN1C(=O)C(C)(C)COc2cc(NC(=O)c3ccc(S(=O)(=O)N(CC)CC)cc3)ccc21. The molecule has 1 N–H and O–H groups in total. The van der Waals surface area contributed by atoms with E-state index in [1.54, 1.807) is 36.9 Å². The molecular weight excluding hydrogens is 454 g/mol. The molecule has 0 spiro atoms. The van der Waals surface area contributed by atoms with Crippen LogP contribution in [0.4, 0.5) is 11.4 Å². The van der Waals surface area contributed by atoms with Crippen molar-refractivity contribution in [1.29, 1.82) is 0 Å². The molecule has 0 aromatic heterocycles. The number of hydrogen-bond acceptors (Lipinski definition) is 5. The molecule has 1 heterocycles. The van der Waals surface area contributed by atoms with Crippen molar-refractivity contribution in [1.82, 2.24) is 4.31 Å². The third-order valence-corrected chi connectivity index (χ3v) is 7.89. The molecule has 0 saturated heterocycles. The summed E-state index contributed by atoms with van der Waals surface area (Å²) in [5, 5.41) is 2.83. The molecule has 9 heteroatoms. The van der Waals surface area contributed by atoms with Crippen molar-refractivity contribution in [2.45, 2.75) is 45.9 Å². The van der Waals surface area contributed by atoms with Gasteiger partial charge in [0, 0.05) is 37.0 Å². The Bertz CT molecular complexity index is 1160. The third kappa shape index (κ3) is 5.10. The maximum absolute atomic E-state index is 13.0. The van der Waals surface area contributed by atoms with Crippen LogP contribution in [0.5, 0.6) is 5.75 Å². The number of sulfonamides is 1. The Labute approximate surface area is 201 Å². The summed E-state index contributed by atoms with van der Waals surface area (Å²) in [6.45, 7) is 10.9. The lowest BCUT2D eigenvalue weighted by molar-refractivity contribution is -0.127. The van der Waals surface area contributed by atoms with Crippen LogP contribution in [0.3, 0.4) is 0 Å². The highest BCUT2D eigenvalue weighted by Gasteiger charge is 2.37. The molecule has 1 aliphatic rings. The quantitative estimate of drug-likeness (QED) is 0.604. The van der Waals surface area contributed by atoms with Crippen LogP contribution >= 0.6 is 0 Å². The fraction of sp³-hybridized carbons (Fsp3) is 0.440. The fourth-order valence-corrected chi connectivity index (χ4v) is 5.32. The molecule has 0 aliphatic carbocycles. The maximum Gasteiger partial charge on any atom is 0.255 e. The molecule has 0 radical (unpaired) electrons. The van der Waals surface area contributed by atoms with Crippen molar-refractivity contribution in [3.63, 3.8) is 0 Å². The van der Waals surface area contributed by atoms with Crippen LogP contribution in [0.1, 0.15) is 51.4 Å². The van der Waals surface area contributed by atoms with Crippen LogP contribution < -0.4 is 15.0 Å². The van der Waals surface area contributed by atoms with E-state index in [-0.39, 0.29) is 23.3 Å². The minimum absolute atomic E-state index is 0.00430. The zero-order chi connectivity index (χ0) is 25.1. The van der Waals surface area contributed by atoms with Gasteiger partial charge in [0.1, 0.15) is 12.4 Å². The van der Waals surface area contributed by atoms with Gasteiger partial charge in [-0.3, -0.25) is 9.59 Å². The number of fused-ring (bicyclic) bond motifs is 1. The van der Waals surface area contributed by atoms with Gasteiger partial charge < -0.3 is 15.0 Å². The Kier molecular flexibility index (Phi) is 7.67. The largest absolute Gasteiger partial charge is 0.490 e. The number of nitrogens with one attached hydrogen (secondary N) is 1. The number of hydrogen-bond donors (Lipinski definition) is 1. The Morgan fingerprint density at radius 1 is 1.09 bits per heavy atom. The van der Waals surface area contributed by atoms with E-state index in [2.05, 4.69) is 5.32 Å². The molecule has 0 unspecified atom stereocenters. The number of amides is 2. The summed E-state index contributed by atoms with van der Waals surface area (Å²) in [6.07, 6.45) is 0.805. The Morgan fingerprint density at radius 3 is 2.32 bits per heavy atom. The first-order valence-corrected chi connectivity index (χ1v) is 13.0. The van der Waals surface area contributed by atoms with Crippen LogP contribution in [-0.2, 0) is 14.8 Å². The molecule has 0 bridgehead atoms. The molecular formula is C25H33N3O5S. The Balaban J connectivity index is 1.81. The first-order chi connectivity index (χ1) is 16.0. The van der Waals surface area contributed by atoms with E-state index in [9.17, 15) is 18.0 Å². The average Bonchev–Trinajstić information content (AvgIpc) is 2.90. The molecule has 1 aliphatic heterocycles. The van der Waals surface area contributed by atoms with Crippen molar-refractivity contribution in [2.75, 3.05) is 36.5 Å². The molecule has 3 rings (SSSR count). The van der Waals surface area contributed by atoms with Gasteiger partial charge in [-0.2, -0.15) is 4.31 Å². The monoisotopic (exact) mass is 487 g/mol. The number of ether oxygens (including phenoxy) is 1. The molecule has 2 amide bonds. The molecule has 0 atom stereocenters. The van der Waals surface area contributed by atoms with E-state index in [1.807, 2.05) is 20.8 Å². The van der Waals surface area contributed by atoms with E-state index >= 15 is 0 Å². The van der Waals surface area contributed by atoms with E-state index in [4.69, 9.17) is 4.74 Å². The smallest absolute Gasteiger partial charge is 0.255 e. The number of carbonyl (C=O) groups excluding carboxylic acids is 2. The second-order valence-corrected chi connectivity index (χ2v) is 10.8. The number of carbonyl (C=O) groups is 2. The maximum atomic E-state index is 13.0. The summed E-state index contributed by atoms with van der Waals surface area (Å²) in [6, 6.07) is 11.1. The van der Waals surface area contributed by atoms with Crippen LogP contribution in [0.15, 0.2) is 47.4 Å². The van der Waals surface area contributed by atoms with E-state index in [0.29, 0.717) is 42.3 Å². The lowest BCUT2D eigenvalue weighted by atomic mass is 9.93. The Morgan fingerprint density at radius 2 is 1.74 bits per heavy atom. The number of rotatable bonds is 8. The van der Waals surface area contributed by atoms with Crippen LogP contribution in [-0.4, -0.2) is 50.8 Å². The average molecular weight is 488 g/mol. The third-order valence-electron chi connectivity index (χ3n) is 5.83. The van der Waals surface area contributed by atoms with Gasteiger partial charge in [-0.05, 0) is 56.7 Å². The van der Waals surface area contributed by atoms with E-state index in [1.165, 1.54) is 28.6 Å². The van der Waals surface area contributed by atoms with E-state index in [0.717, 1.165) is 6.42 Å². The first kappa shape index (κ1) is 25.7. The summed E-state index contributed by atoms with van der Waals surface area (Å²) < 4.78 is 32.6. The molecule has 0 saturated carbocycles. The number of benzene rings is 2. The molecule has 2 aromatic carbocycles. The lowest BCUT2D eigenvalue weighted by Gasteiger charge is -2.27. The zero-order valence-corrected chi connectivity index (χ0v) is 21.2. The van der Waals surface area contributed by atoms with Gasteiger partial charge in [0.15, 0.2) is 0 Å². The van der Waals surface area contributed by atoms with Crippen LogP contribution in [0.2, 0.25) is 0 Å². The highest BCUT2D eigenvalue weighted by molar-refractivity contribution is 7.89. The highest BCUT2D eigenvalue weighted by atomic mass is 32.2. The van der Waals surface area contributed by atoms with Gasteiger partial charge in [0.2, 0.25) is 15.9 Å². The van der Waals surface area contributed by atoms with E-state index < -0.39 is 15.4 Å². The minimum atomic E-state index is -3.59.